The van der Waals surface area contributed by atoms with Crippen molar-refractivity contribution < 1.29 is 19.5 Å². The predicted molar refractivity (Wildman–Crippen MR) is 75.7 cm³/mol. The molecule has 110 valence electrons. The maximum atomic E-state index is 11.5. The number of thiophene rings is 1. The maximum absolute atomic E-state index is 11.5. The number of urea groups is 1. The Bertz CT molecular complexity index is 527. The number of imide groups is 1. The number of halogens is 1. The summed E-state index contributed by atoms with van der Waals surface area (Å²) < 4.78 is 0.612. The zero-order valence-corrected chi connectivity index (χ0v) is 12.6. The molecule has 0 bridgehead atoms. The molecule has 6 nitrogen and oxygen atoms in total. The van der Waals surface area contributed by atoms with E-state index in [2.05, 4.69) is 10.6 Å². The molecule has 1 heterocycles. The summed E-state index contributed by atoms with van der Waals surface area (Å²) in [7, 11) is 0. The lowest BCUT2D eigenvalue weighted by atomic mass is 9.89. The van der Waals surface area contributed by atoms with Crippen molar-refractivity contribution >= 4 is 40.8 Å². The van der Waals surface area contributed by atoms with Crippen LogP contribution in [-0.4, -0.2) is 23.0 Å². The highest BCUT2D eigenvalue weighted by Crippen LogP contribution is 2.21. The van der Waals surface area contributed by atoms with Gasteiger partial charge < -0.3 is 10.4 Å². The summed E-state index contributed by atoms with van der Waals surface area (Å²) in [4.78, 5) is 34.7. The number of nitrogens with one attached hydrogen (secondary N) is 2. The third-order valence-corrected chi connectivity index (χ3v) is 3.72. The molecule has 3 N–H and O–H groups in total. The van der Waals surface area contributed by atoms with E-state index in [0.29, 0.717) is 4.34 Å². The van der Waals surface area contributed by atoms with Crippen LogP contribution in [0.2, 0.25) is 4.34 Å². The first-order chi connectivity index (χ1) is 9.20. The first-order valence-electron chi connectivity index (χ1n) is 5.76. The topological polar surface area (TPSA) is 95.5 Å². The first kappa shape index (κ1) is 16.5. The van der Waals surface area contributed by atoms with Gasteiger partial charge in [-0.25, -0.2) is 4.79 Å². The number of carbonyl (C=O) groups excluding carboxylic acids is 2. The first-order valence-corrected chi connectivity index (χ1v) is 6.95. The highest BCUT2D eigenvalue weighted by Gasteiger charge is 2.30. The number of hydrogen-bond donors (Lipinski definition) is 3. The Hall–Kier alpha value is -1.60. The fourth-order valence-corrected chi connectivity index (χ4v) is 2.33. The monoisotopic (exact) mass is 318 g/mol. The second kappa shape index (κ2) is 6.71. The number of carbonyl (C=O) groups is 3. The van der Waals surface area contributed by atoms with E-state index in [1.165, 1.54) is 25.2 Å². The molecule has 0 aliphatic carbocycles. The Balaban J connectivity index is 2.39. The van der Waals surface area contributed by atoms with Crippen molar-refractivity contribution in [3.8, 4) is 0 Å². The molecule has 0 saturated carbocycles. The molecule has 0 radical (unpaired) electrons. The van der Waals surface area contributed by atoms with Crippen molar-refractivity contribution in [2.24, 2.45) is 5.41 Å². The van der Waals surface area contributed by atoms with Crippen LogP contribution in [-0.2, 0) is 16.1 Å². The summed E-state index contributed by atoms with van der Waals surface area (Å²) in [5.74, 6) is -1.74. The summed E-state index contributed by atoms with van der Waals surface area (Å²) in [5.41, 5.74) is -1.22. The second-order valence-corrected chi connectivity index (χ2v) is 6.60. The minimum atomic E-state index is -1.22. The van der Waals surface area contributed by atoms with Crippen molar-refractivity contribution in [2.45, 2.75) is 26.8 Å². The summed E-state index contributed by atoms with van der Waals surface area (Å²) in [6, 6.07) is 2.81. The molecule has 3 amide bonds. The summed E-state index contributed by atoms with van der Waals surface area (Å²) in [6.45, 7) is 3.08. The van der Waals surface area contributed by atoms with E-state index in [1.54, 1.807) is 12.1 Å². The largest absolute Gasteiger partial charge is 0.481 e. The molecule has 0 aliphatic heterocycles. The molecule has 1 aromatic heterocycles. The zero-order chi connectivity index (χ0) is 15.3. The van der Waals surface area contributed by atoms with Crippen molar-refractivity contribution in [2.75, 3.05) is 0 Å². The van der Waals surface area contributed by atoms with Crippen molar-refractivity contribution in [3.05, 3.63) is 21.3 Å². The third-order valence-electron chi connectivity index (χ3n) is 2.49. The van der Waals surface area contributed by atoms with E-state index in [4.69, 9.17) is 16.7 Å². The lowest BCUT2D eigenvalue weighted by Gasteiger charge is -2.17. The molecule has 0 aliphatic rings. The van der Waals surface area contributed by atoms with Gasteiger partial charge in [-0.15, -0.1) is 11.3 Å². The van der Waals surface area contributed by atoms with Gasteiger partial charge in [-0.05, 0) is 26.0 Å². The SMILES string of the molecule is CC(C)(CC(=O)NC(=O)NCc1ccc(Cl)s1)C(=O)O. The molecule has 20 heavy (non-hydrogen) atoms. The molecular weight excluding hydrogens is 304 g/mol. The average molecular weight is 319 g/mol. The van der Waals surface area contributed by atoms with Gasteiger partial charge in [-0.3, -0.25) is 14.9 Å². The Morgan fingerprint density at radius 3 is 2.50 bits per heavy atom. The molecule has 0 unspecified atom stereocenters. The van der Waals surface area contributed by atoms with Crippen LogP contribution in [0.1, 0.15) is 25.1 Å². The molecule has 0 atom stereocenters. The molecule has 8 heteroatoms. The van der Waals surface area contributed by atoms with Crippen LogP contribution in [0.25, 0.3) is 0 Å². The Morgan fingerprint density at radius 1 is 1.35 bits per heavy atom. The van der Waals surface area contributed by atoms with Crippen LogP contribution >= 0.6 is 22.9 Å². The van der Waals surface area contributed by atoms with Gasteiger partial charge in [0.1, 0.15) is 0 Å². The zero-order valence-electron chi connectivity index (χ0n) is 11.0. The average Bonchev–Trinajstić information content (AvgIpc) is 2.71. The highest BCUT2D eigenvalue weighted by atomic mass is 35.5. The quantitative estimate of drug-likeness (QED) is 0.775. The Labute approximate surface area is 125 Å². The second-order valence-electron chi connectivity index (χ2n) is 4.80. The third kappa shape index (κ3) is 5.18. The predicted octanol–water partition coefficient (Wildman–Crippen LogP) is 2.23. The standard InChI is InChI=1S/C12H15ClN2O4S/c1-12(2,10(17)18)5-9(16)15-11(19)14-6-7-3-4-8(13)20-7/h3-4H,5-6H2,1-2H3,(H,17,18)(H2,14,15,16,19). The van der Waals surface area contributed by atoms with Crippen LogP contribution in [0.5, 0.6) is 0 Å². The van der Waals surface area contributed by atoms with Gasteiger partial charge in [0.15, 0.2) is 0 Å². The molecule has 0 spiro atoms. The fraction of sp³-hybridized carbons (Fsp3) is 0.417. The number of rotatable bonds is 5. The maximum Gasteiger partial charge on any atom is 0.321 e. The summed E-state index contributed by atoms with van der Waals surface area (Å²) in [6.07, 6.45) is -0.277. The van der Waals surface area contributed by atoms with Gasteiger partial charge in [-0.2, -0.15) is 0 Å². The van der Waals surface area contributed by atoms with Gasteiger partial charge >= 0.3 is 12.0 Å². The molecular formula is C12H15ClN2O4S. The van der Waals surface area contributed by atoms with E-state index < -0.39 is 23.3 Å². The van der Waals surface area contributed by atoms with Crippen LogP contribution in [0.3, 0.4) is 0 Å². The number of amides is 3. The Kier molecular flexibility index (Phi) is 5.52. The van der Waals surface area contributed by atoms with Gasteiger partial charge in [0.25, 0.3) is 0 Å². The number of carboxylic acids is 1. The molecule has 0 saturated heterocycles. The van der Waals surface area contributed by atoms with Gasteiger partial charge in [0, 0.05) is 11.3 Å². The number of hydrogen-bond acceptors (Lipinski definition) is 4. The van der Waals surface area contributed by atoms with Gasteiger partial charge in [0.05, 0.1) is 16.3 Å². The number of aliphatic carboxylic acids is 1. The van der Waals surface area contributed by atoms with E-state index in [1.807, 2.05) is 0 Å². The van der Waals surface area contributed by atoms with Gasteiger partial charge in [0.2, 0.25) is 5.91 Å². The molecule has 0 fully saturated rings. The van der Waals surface area contributed by atoms with Crippen molar-refractivity contribution in [1.82, 2.24) is 10.6 Å². The fourth-order valence-electron chi connectivity index (χ4n) is 1.31. The van der Waals surface area contributed by atoms with Gasteiger partial charge in [-0.1, -0.05) is 11.6 Å². The smallest absolute Gasteiger partial charge is 0.321 e. The van der Waals surface area contributed by atoms with Crippen LogP contribution in [0, 0.1) is 5.41 Å². The highest BCUT2D eigenvalue weighted by molar-refractivity contribution is 7.16. The molecule has 1 aromatic rings. The minimum Gasteiger partial charge on any atom is -0.481 e. The molecule has 1 rings (SSSR count). The lowest BCUT2D eigenvalue weighted by molar-refractivity contribution is -0.149. The van der Waals surface area contributed by atoms with Crippen LogP contribution in [0.15, 0.2) is 12.1 Å². The number of carboxylic acid groups (broad SMARTS) is 1. The van der Waals surface area contributed by atoms with E-state index >= 15 is 0 Å². The molecule has 0 aromatic carbocycles. The van der Waals surface area contributed by atoms with Crippen LogP contribution in [0.4, 0.5) is 4.79 Å². The Morgan fingerprint density at radius 2 is 2.00 bits per heavy atom. The van der Waals surface area contributed by atoms with E-state index in [9.17, 15) is 14.4 Å². The minimum absolute atomic E-state index is 0.249. The normalized spacial score (nSPS) is 10.9. The summed E-state index contributed by atoms with van der Waals surface area (Å²) >= 11 is 7.07. The van der Waals surface area contributed by atoms with Crippen molar-refractivity contribution in [1.29, 1.82) is 0 Å². The lowest BCUT2D eigenvalue weighted by Crippen LogP contribution is -2.41. The van der Waals surface area contributed by atoms with E-state index in [-0.39, 0.29) is 13.0 Å². The van der Waals surface area contributed by atoms with Crippen molar-refractivity contribution in [3.63, 3.8) is 0 Å². The summed E-state index contributed by atoms with van der Waals surface area (Å²) in [5, 5.41) is 13.5. The van der Waals surface area contributed by atoms with E-state index in [0.717, 1.165) is 4.88 Å². The van der Waals surface area contributed by atoms with Crippen LogP contribution < -0.4 is 10.6 Å².